The lowest BCUT2D eigenvalue weighted by Crippen LogP contribution is -2.25. The minimum atomic E-state index is -0.421. The van der Waals surface area contributed by atoms with Crippen LogP contribution in [0.2, 0.25) is 0 Å². The van der Waals surface area contributed by atoms with E-state index in [9.17, 15) is 0 Å². The molecule has 290 valence electrons. The van der Waals surface area contributed by atoms with Crippen LogP contribution in [0, 0.1) is 0 Å². The Bertz CT molecular complexity index is 3800. The van der Waals surface area contributed by atoms with Gasteiger partial charge in [-0.05, 0) is 162 Å². The molecule has 0 atom stereocenters. The first-order valence-electron chi connectivity index (χ1n) is 22.1. The molecule has 1 spiro atoms. The highest BCUT2D eigenvalue weighted by molar-refractivity contribution is 6.22. The lowest BCUT2D eigenvalue weighted by atomic mass is 9.70. The Kier molecular flexibility index (Phi) is 7.13. The van der Waals surface area contributed by atoms with Crippen molar-refractivity contribution >= 4 is 53.9 Å². The summed E-state index contributed by atoms with van der Waals surface area (Å²) in [4.78, 5) is 0. The molecule has 0 saturated heterocycles. The topological polar surface area (TPSA) is 0 Å². The van der Waals surface area contributed by atoms with Gasteiger partial charge in [0.15, 0.2) is 0 Å². The third kappa shape index (κ3) is 4.75. The van der Waals surface area contributed by atoms with Gasteiger partial charge in [0.1, 0.15) is 0 Å². The Morgan fingerprint density at radius 2 is 0.667 bits per heavy atom. The van der Waals surface area contributed by atoms with Crippen LogP contribution in [0.5, 0.6) is 0 Å². The Morgan fingerprint density at radius 3 is 1.29 bits per heavy atom. The Hall–Kier alpha value is -8.06. The molecule has 63 heavy (non-hydrogen) atoms. The van der Waals surface area contributed by atoms with Crippen LogP contribution >= 0.6 is 0 Å². The fourth-order valence-electron chi connectivity index (χ4n) is 11.8. The minimum absolute atomic E-state index is 0.421. The van der Waals surface area contributed by atoms with Crippen molar-refractivity contribution in [1.82, 2.24) is 0 Å². The van der Waals surface area contributed by atoms with Crippen molar-refractivity contribution in [3.8, 4) is 55.6 Å². The largest absolute Gasteiger partial charge is 0.0725 e. The van der Waals surface area contributed by atoms with Gasteiger partial charge in [-0.15, -0.1) is 0 Å². The number of benzene rings is 12. The van der Waals surface area contributed by atoms with Gasteiger partial charge in [0.05, 0.1) is 5.41 Å². The van der Waals surface area contributed by atoms with Gasteiger partial charge in [0, 0.05) is 0 Å². The molecular formula is C63H38. The van der Waals surface area contributed by atoms with E-state index >= 15 is 0 Å². The number of rotatable bonds is 3. The highest BCUT2D eigenvalue weighted by Crippen LogP contribution is 2.64. The van der Waals surface area contributed by atoms with Crippen LogP contribution in [-0.4, -0.2) is 0 Å². The first kappa shape index (κ1) is 34.6. The Balaban J connectivity index is 0.997. The molecule has 0 heteroatoms. The fraction of sp³-hybridized carbons (Fsp3) is 0.0159. The third-order valence-electron chi connectivity index (χ3n) is 14.4. The molecule has 12 aromatic rings. The normalized spacial score (nSPS) is 13.2. The second-order valence-corrected chi connectivity index (χ2v) is 17.5. The molecule has 14 rings (SSSR count). The molecule has 2 aliphatic rings. The van der Waals surface area contributed by atoms with E-state index in [1.807, 2.05) is 0 Å². The zero-order chi connectivity index (χ0) is 41.2. The van der Waals surface area contributed by atoms with Crippen LogP contribution < -0.4 is 0 Å². The van der Waals surface area contributed by atoms with Crippen LogP contribution in [0.1, 0.15) is 22.3 Å². The molecule has 2 aliphatic carbocycles. The molecule has 0 heterocycles. The van der Waals surface area contributed by atoms with Crippen molar-refractivity contribution in [3.05, 3.63) is 253 Å². The van der Waals surface area contributed by atoms with Crippen LogP contribution in [0.3, 0.4) is 0 Å². The van der Waals surface area contributed by atoms with E-state index in [1.165, 1.54) is 132 Å². The molecule has 0 aromatic heterocycles. The first-order valence-corrected chi connectivity index (χ1v) is 22.1. The molecule has 0 unspecified atom stereocenters. The summed E-state index contributed by atoms with van der Waals surface area (Å²) in [6, 6.07) is 86.7. The molecule has 12 aromatic carbocycles. The summed E-state index contributed by atoms with van der Waals surface area (Å²) in [6.07, 6.45) is 0. The third-order valence-corrected chi connectivity index (χ3v) is 14.4. The fourth-order valence-corrected chi connectivity index (χ4v) is 11.8. The standard InChI is InChI=1S/C63H38/c1-2-14-39(15-3-1)41-26-27-43-35-45(30-28-42(43)34-41)60-51-20-6-8-22-53(51)61(54-23-9-7-21-52(54)60)46-31-29-44-37-55-59(38-47(44)36-46)63(58-33-32-40-16-4-5-17-48(40)62(55)58)56-24-12-10-18-49(56)50-19-11-13-25-57(50)63/h1-38H. The lowest BCUT2D eigenvalue weighted by molar-refractivity contribution is 0.795. The van der Waals surface area contributed by atoms with E-state index in [0.717, 1.165) is 0 Å². The molecule has 0 saturated carbocycles. The van der Waals surface area contributed by atoms with Gasteiger partial charge in [-0.25, -0.2) is 0 Å². The van der Waals surface area contributed by atoms with Gasteiger partial charge in [-0.1, -0.05) is 200 Å². The summed E-state index contributed by atoms with van der Waals surface area (Å²) in [7, 11) is 0. The van der Waals surface area contributed by atoms with Gasteiger partial charge in [0.2, 0.25) is 0 Å². The summed E-state index contributed by atoms with van der Waals surface area (Å²) in [5.41, 5.74) is 17.9. The van der Waals surface area contributed by atoms with Crippen molar-refractivity contribution in [2.75, 3.05) is 0 Å². The summed E-state index contributed by atoms with van der Waals surface area (Å²) >= 11 is 0. The molecule has 0 fully saturated rings. The second-order valence-electron chi connectivity index (χ2n) is 17.5. The van der Waals surface area contributed by atoms with E-state index in [0.29, 0.717) is 0 Å². The maximum Gasteiger partial charge on any atom is 0.0725 e. The van der Waals surface area contributed by atoms with E-state index in [2.05, 4.69) is 231 Å². The maximum absolute atomic E-state index is 2.54. The monoisotopic (exact) mass is 794 g/mol. The van der Waals surface area contributed by atoms with E-state index in [1.54, 1.807) is 0 Å². The molecule has 0 N–H and O–H groups in total. The molecule has 0 aliphatic heterocycles. The van der Waals surface area contributed by atoms with E-state index in [-0.39, 0.29) is 0 Å². The molecule has 0 nitrogen and oxygen atoms in total. The average molecular weight is 795 g/mol. The zero-order valence-electron chi connectivity index (χ0n) is 34.4. The van der Waals surface area contributed by atoms with Crippen molar-refractivity contribution in [2.24, 2.45) is 0 Å². The van der Waals surface area contributed by atoms with Gasteiger partial charge in [-0.2, -0.15) is 0 Å². The second kappa shape index (κ2) is 13.0. The first-order chi connectivity index (χ1) is 31.2. The van der Waals surface area contributed by atoms with Crippen LogP contribution in [0.15, 0.2) is 231 Å². The van der Waals surface area contributed by atoms with E-state index in [4.69, 9.17) is 0 Å². The van der Waals surface area contributed by atoms with Gasteiger partial charge in [-0.3, -0.25) is 0 Å². The SMILES string of the molecule is c1ccc(-c2ccc3cc(-c4c5ccccc5c(-c5ccc6cc7c(cc6c5)C5(c6ccccc6-c6ccccc65)c5ccc6ccccc6c5-7)c5ccccc45)ccc3c2)cc1. The van der Waals surface area contributed by atoms with Crippen LogP contribution in [-0.2, 0) is 5.41 Å². The van der Waals surface area contributed by atoms with Crippen molar-refractivity contribution in [3.63, 3.8) is 0 Å². The van der Waals surface area contributed by atoms with Crippen molar-refractivity contribution in [2.45, 2.75) is 5.41 Å². The van der Waals surface area contributed by atoms with Crippen LogP contribution in [0.25, 0.3) is 109 Å². The van der Waals surface area contributed by atoms with Gasteiger partial charge >= 0.3 is 0 Å². The lowest BCUT2D eigenvalue weighted by Gasteiger charge is -2.30. The van der Waals surface area contributed by atoms with Gasteiger partial charge < -0.3 is 0 Å². The molecular weight excluding hydrogens is 757 g/mol. The Morgan fingerprint density at radius 1 is 0.206 bits per heavy atom. The molecule has 0 bridgehead atoms. The highest BCUT2D eigenvalue weighted by atomic mass is 14.5. The zero-order valence-corrected chi connectivity index (χ0v) is 34.4. The summed E-state index contributed by atoms with van der Waals surface area (Å²) in [5.74, 6) is 0. The summed E-state index contributed by atoms with van der Waals surface area (Å²) < 4.78 is 0. The quantitative estimate of drug-likeness (QED) is 0.156. The maximum atomic E-state index is 2.54. The predicted molar refractivity (Wildman–Crippen MR) is 267 cm³/mol. The highest BCUT2D eigenvalue weighted by Gasteiger charge is 2.52. The van der Waals surface area contributed by atoms with Crippen molar-refractivity contribution < 1.29 is 0 Å². The van der Waals surface area contributed by atoms with Gasteiger partial charge in [0.25, 0.3) is 0 Å². The van der Waals surface area contributed by atoms with Crippen molar-refractivity contribution in [1.29, 1.82) is 0 Å². The summed E-state index contributed by atoms with van der Waals surface area (Å²) in [5, 5.41) is 12.6. The van der Waals surface area contributed by atoms with Crippen LogP contribution in [0.4, 0.5) is 0 Å². The van der Waals surface area contributed by atoms with E-state index < -0.39 is 5.41 Å². The smallest absolute Gasteiger partial charge is 0.0622 e. The number of hydrogen-bond acceptors (Lipinski definition) is 0. The number of fused-ring (bicyclic) bond motifs is 16. The summed E-state index contributed by atoms with van der Waals surface area (Å²) in [6.45, 7) is 0. The average Bonchev–Trinajstić information content (AvgIpc) is 3.81. The minimum Gasteiger partial charge on any atom is -0.0622 e. The molecule has 0 radical (unpaired) electrons. The Labute approximate surface area is 366 Å². The molecule has 0 amide bonds. The predicted octanol–water partition coefficient (Wildman–Crippen LogP) is 16.8. The number of hydrogen-bond donors (Lipinski definition) is 0.